The summed E-state index contributed by atoms with van der Waals surface area (Å²) in [5, 5.41) is 3.48. The van der Waals surface area contributed by atoms with Crippen LogP contribution >= 0.6 is 0 Å². The Bertz CT molecular complexity index is 193. The number of rotatable bonds is 8. The minimum atomic E-state index is 0.466. The summed E-state index contributed by atoms with van der Waals surface area (Å²) in [6.07, 6.45) is 6.64. The second kappa shape index (κ2) is 8.06. The van der Waals surface area contributed by atoms with Crippen LogP contribution in [0.15, 0.2) is 0 Å². The van der Waals surface area contributed by atoms with E-state index in [1.165, 1.54) is 32.1 Å². The number of likely N-dealkylation sites (N-methyl/N-ethyl adjacent to an activating group) is 2. The summed E-state index contributed by atoms with van der Waals surface area (Å²) in [6.45, 7) is 6.59. The van der Waals surface area contributed by atoms with Crippen LogP contribution in [0, 0.1) is 0 Å². The standard InChI is InChI=1S/C14H30N2O/c1-5-8-13(15-3)14(6-2)16(4)11-12-9-7-10-17-12/h12-15H,5-11H2,1-4H3. The van der Waals surface area contributed by atoms with Crippen molar-refractivity contribution < 1.29 is 4.74 Å². The van der Waals surface area contributed by atoms with Gasteiger partial charge in [-0.25, -0.2) is 0 Å². The summed E-state index contributed by atoms with van der Waals surface area (Å²) in [5.74, 6) is 0. The minimum Gasteiger partial charge on any atom is -0.377 e. The Hall–Kier alpha value is -0.120. The van der Waals surface area contributed by atoms with Crippen molar-refractivity contribution >= 4 is 0 Å². The van der Waals surface area contributed by atoms with Gasteiger partial charge in [0.1, 0.15) is 0 Å². The molecule has 3 nitrogen and oxygen atoms in total. The average Bonchev–Trinajstić information content (AvgIpc) is 2.81. The van der Waals surface area contributed by atoms with Gasteiger partial charge in [0.15, 0.2) is 0 Å². The fourth-order valence-electron chi connectivity index (χ4n) is 2.99. The molecule has 0 aromatic rings. The summed E-state index contributed by atoms with van der Waals surface area (Å²) in [7, 11) is 4.33. The molecule has 0 spiro atoms. The topological polar surface area (TPSA) is 24.5 Å². The van der Waals surface area contributed by atoms with Crippen LogP contribution in [0.3, 0.4) is 0 Å². The number of ether oxygens (including phenoxy) is 1. The smallest absolute Gasteiger partial charge is 0.0702 e. The Kier molecular flexibility index (Phi) is 7.09. The highest BCUT2D eigenvalue weighted by Crippen LogP contribution is 2.17. The van der Waals surface area contributed by atoms with E-state index < -0.39 is 0 Å². The van der Waals surface area contributed by atoms with E-state index in [9.17, 15) is 0 Å². The quantitative estimate of drug-likeness (QED) is 0.706. The molecular weight excluding hydrogens is 212 g/mol. The molecule has 1 rings (SSSR count). The van der Waals surface area contributed by atoms with Gasteiger partial charge in [-0.2, -0.15) is 0 Å². The Labute approximate surface area is 107 Å². The number of hydrogen-bond donors (Lipinski definition) is 1. The van der Waals surface area contributed by atoms with E-state index in [0.29, 0.717) is 18.2 Å². The zero-order valence-electron chi connectivity index (χ0n) is 12.0. The number of hydrogen-bond acceptors (Lipinski definition) is 3. The molecule has 0 aromatic carbocycles. The van der Waals surface area contributed by atoms with Gasteiger partial charge < -0.3 is 10.1 Å². The largest absolute Gasteiger partial charge is 0.377 e. The van der Waals surface area contributed by atoms with Gasteiger partial charge in [-0.05, 0) is 39.8 Å². The molecule has 3 unspecified atom stereocenters. The highest BCUT2D eigenvalue weighted by Gasteiger charge is 2.25. The van der Waals surface area contributed by atoms with E-state index in [1.807, 2.05) is 0 Å². The molecule has 3 atom stereocenters. The van der Waals surface area contributed by atoms with E-state index in [1.54, 1.807) is 0 Å². The first-order valence-electron chi connectivity index (χ1n) is 7.22. The lowest BCUT2D eigenvalue weighted by Gasteiger charge is -2.35. The maximum absolute atomic E-state index is 5.73. The molecule has 1 aliphatic rings. The van der Waals surface area contributed by atoms with Crippen LogP contribution in [0.4, 0.5) is 0 Å². The molecule has 0 amide bonds. The van der Waals surface area contributed by atoms with Gasteiger partial charge in [0.2, 0.25) is 0 Å². The Balaban J connectivity index is 2.45. The normalized spacial score (nSPS) is 24.2. The Morgan fingerprint density at radius 2 is 2.18 bits per heavy atom. The fourth-order valence-corrected chi connectivity index (χ4v) is 2.99. The highest BCUT2D eigenvalue weighted by molar-refractivity contribution is 4.83. The van der Waals surface area contributed by atoms with Gasteiger partial charge in [0, 0.05) is 25.2 Å². The third-order valence-electron chi connectivity index (χ3n) is 3.93. The van der Waals surface area contributed by atoms with Crippen LogP contribution in [-0.2, 0) is 4.74 Å². The SMILES string of the molecule is CCCC(NC)C(CC)N(C)CC1CCCO1. The van der Waals surface area contributed by atoms with Crippen molar-refractivity contribution in [3.05, 3.63) is 0 Å². The van der Waals surface area contributed by atoms with Crippen molar-refractivity contribution in [2.45, 2.75) is 64.1 Å². The van der Waals surface area contributed by atoms with Crippen molar-refractivity contribution in [1.82, 2.24) is 10.2 Å². The van der Waals surface area contributed by atoms with E-state index in [-0.39, 0.29) is 0 Å². The molecule has 1 N–H and O–H groups in total. The van der Waals surface area contributed by atoms with E-state index >= 15 is 0 Å². The van der Waals surface area contributed by atoms with Crippen LogP contribution < -0.4 is 5.32 Å². The molecule has 0 aromatic heterocycles. The minimum absolute atomic E-state index is 0.466. The van der Waals surface area contributed by atoms with Gasteiger partial charge >= 0.3 is 0 Å². The monoisotopic (exact) mass is 242 g/mol. The van der Waals surface area contributed by atoms with Gasteiger partial charge in [-0.15, -0.1) is 0 Å². The number of nitrogens with zero attached hydrogens (tertiary/aromatic N) is 1. The first kappa shape index (κ1) is 14.9. The molecule has 0 radical (unpaired) electrons. The van der Waals surface area contributed by atoms with Crippen LogP contribution in [0.2, 0.25) is 0 Å². The molecule has 1 fully saturated rings. The molecular formula is C14H30N2O. The number of nitrogens with one attached hydrogen (secondary N) is 1. The maximum Gasteiger partial charge on any atom is 0.0702 e. The molecule has 3 heteroatoms. The van der Waals surface area contributed by atoms with E-state index in [4.69, 9.17) is 4.74 Å². The predicted molar refractivity (Wildman–Crippen MR) is 73.4 cm³/mol. The van der Waals surface area contributed by atoms with Crippen LogP contribution in [0.25, 0.3) is 0 Å². The summed E-state index contributed by atoms with van der Waals surface area (Å²) in [4.78, 5) is 2.49. The van der Waals surface area contributed by atoms with Crippen molar-refractivity contribution in [2.75, 3.05) is 27.2 Å². The molecule has 1 heterocycles. The van der Waals surface area contributed by atoms with Crippen LogP contribution in [0.1, 0.15) is 46.0 Å². The molecule has 1 saturated heterocycles. The van der Waals surface area contributed by atoms with Gasteiger partial charge in [0.05, 0.1) is 6.10 Å². The lowest BCUT2D eigenvalue weighted by Crippen LogP contribution is -2.49. The van der Waals surface area contributed by atoms with Gasteiger partial charge in [-0.3, -0.25) is 4.90 Å². The first-order chi connectivity index (χ1) is 8.22. The van der Waals surface area contributed by atoms with Gasteiger partial charge in [0.25, 0.3) is 0 Å². The fraction of sp³-hybridized carbons (Fsp3) is 1.00. The molecule has 0 saturated carbocycles. The molecule has 102 valence electrons. The first-order valence-corrected chi connectivity index (χ1v) is 7.22. The lowest BCUT2D eigenvalue weighted by atomic mass is 9.99. The maximum atomic E-state index is 5.73. The Morgan fingerprint density at radius 3 is 2.65 bits per heavy atom. The molecule has 17 heavy (non-hydrogen) atoms. The lowest BCUT2D eigenvalue weighted by molar-refractivity contribution is 0.0594. The summed E-state index contributed by atoms with van der Waals surface area (Å²) < 4.78 is 5.73. The van der Waals surface area contributed by atoms with Crippen LogP contribution in [-0.4, -0.2) is 50.3 Å². The van der Waals surface area contributed by atoms with Gasteiger partial charge in [-0.1, -0.05) is 20.3 Å². The predicted octanol–water partition coefficient (Wildman–Crippen LogP) is 2.26. The van der Waals surface area contributed by atoms with E-state index in [0.717, 1.165) is 13.2 Å². The third-order valence-corrected chi connectivity index (χ3v) is 3.93. The second-order valence-electron chi connectivity index (χ2n) is 5.23. The van der Waals surface area contributed by atoms with Crippen molar-refractivity contribution in [1.29, 1.82) is 0 Å². The zero-order chi connectivity index (χ0) is 12.7. The van der Waals surface area contributed by atoms with Crippen LogP contribution in [0.5, 0.6) is 0 Å². The average molecular weight is 242 g/mol. The molecule has 0 bridgehead atoms. The summed E-state index contributed by atoms with van der Waals surface area (Å²) in [5.41, 5.74) is 0. The van der Waals surface area contributed by atoms with Crippen molar-refractivity contribution in [3.8, 4) is 0 Å². The van der Waals surface area contributed by atoms with E-state index in [2.05, 4.69) is 38.2 Å². The molecule has 0 aliphatic carbocycles. The zero-order valence-corrected chi connectivity index (χ0v) is 12.0. The third kappa shape index (κ3) is 4.57. The summed E-state index contributed by atoms with van der Waals surface area (Å²) >= 11 is 0. The van der Waals surface area contributed by atoms with Crippen molar-refractivity contribution in [3.63, 3.8) is 0 Å². The second-order valence-corrected chi connectivity index (χ2v) is 5.23. The summed E-state index contributed by atoms with van der Waals surface area (Å²) in [6, 6.07) is 1.24. The van der Waals surface area contributed by atoms with Crippen molar-refractivity contribution in [2.24, 2.45) is 0 Å². The molecule has 1 aliphatic heterocycles. The Morgan fingerprint density at radius 1 is 1.41 bits per heavy atom. The highest BCUT2D eigenvalue weighted by atomic mass is 16.5.